The molecule has 0 saturated carbocycles. The minimum atomic E-state index is 0.246. The molecule has 1 aromatic carbocycles. The molecule has 0 spiro atoms. The number of benzene rings is 1. The van der Waals surface area contributed by atoms with E-state index in [0.29, 0.717) is 0 Å². The molecule has 2 N–H and O–H groups in total. The van der Waals surface area contributed by atoms with Crippen LogP contribution in [-0.4, -0.2) is 14.1 Å². The van der Waals surface area contributed by atoms with Crippen molar-refractivity contribution in [2.75, 3.05) is 14.1 Å². The predicted octanol–water partition coefficient (Wildman–Crippen LogP) is 2.05. The molecular formula is C12H20N2. The molecule has 0 aliphatic heterocycles. The van der Waals surface area contributed by atoms with Crippen molar-refractivity contribution in [2.24, 2.45) is 0 Å². The summed E-state index contributed by atoms with van der Waals surface area (Å²) in [6.07, 6.45) is 0.246. The van der Waals surface area contributed by atoms with Gasteiger partial charge in [0.2, 0.25) is 0 Å². The zero-order chi connectivity index (χ0) is 10.7. The van der Waals surface area contributed by atoms with Crippen molar-refractivity contribution in [3.63, 3.8) is 0 Å². The van der Waals surface area contributed by atoms with E-state index >= 15 is 0 Å². The summed E-state index contributed by atoms with van der Waals surface area (Å²) >= 11 is 0. The third-order valence-electron chi connectivity index (χ3n) is 2.60. The summed E-state index contributed by atoms with van der Waals surface area (Å²) in [5.74, 6) is 0. The minimum Gasteiger partial charge on any atom is -0.301 e. The Balaban J connectivity index is 3.19. The number of nitrogens with one attached hydrogen (secondary N) is 2. The van der Waals surface area contributed by atoms with Gasteiger partial charge in [0.1, 0.15) is 0 Å². The standard InChI is InChI=1S/C12H20N2/c1-8-6-9(2)11(10(3)7-8)12(13-4)14-5/h6-7,12-14H,1-5H3. The summed E-state index contributed by atoms with van der Waals surface area (Å²) < 4.78 is 0. The van der Waals surface area contributed by atoms with Gasteiger partial charge in [0.05, 0.1) is 6.17 Å². The molecule has 0 radical (unpaired) electrons. The van der Waals surface area contributed by atoms with E-state index in [1.807, 2.05) is 14.1 Å². The third-order valence-corrected chi connectivity index (χ3v) is 2.60. The molecule has 0 aliphatic carbocycles. The smallest absolute Gasteiger partial charge is 0.0835 e. The van der Waals surface area contributed by atoms with Gasteiger partial charge in [0.15, 0.2) is 0 Å². The van der Waals surface area contributed by atoms with Gasteiger partial charge in [-0.05, 0) is 51.6 Å². The fourth-order valence-corrected chi connectivity index (χ4v) is 2.08. The molecule has 0 amide bonds. The largest absolute Gasteiger partial charge is 0.301 e. The van der Waals surface area contributed by atoms with Crippen LogP contribution in [0.2, 0.25) is 0 Å². The molecule has 0 atom stereocenters. The van der Waals surface area contributed by atoms with Gasteiger partial charge in [0.25, 0.3) is 0 Å². The molecule has 1 aromatic rings. The number of rotatable bonds is 3. The highest BCUT2D eigenvalue weighted by molar-refractivity contribution is 5.39. The molecule has 0 aromatic heterocycles. The van der Waals surface area contributed by atoms with Gasteiger partial charge in [-0.25, -0.2) is 0 Å². The van der Waals surface area contributed by atoms with Crippen LogP contribution in [0.3, 0.4) is 0 Å². The summed E-state index contributed by atoms with van der Waals surface area (Å²) in [5, 5.41) is 6.52. The maximum atomic E-state index is 3.26. The monoisotopic (exact) mass is 192 g/mol. The Kier molecular flexibility index (Phi) is 3.67. The van der Waals surface area contributed by atoms with Crippen LogP contribution in [-0.2, 0) is 0 Å². The molecule has 14 heavy (non-hydrogen) atoms. The van der Waals surface area contributed by atoms with Crippen LogP contribution in [0, 0.1) is 20.8 Å². The van der Waals surface area contributed by atoms with Crippen molar-refractivity contribution in [1.82, 2.24) is 10.6 Å². The highest BCUT2D eigenvalue weighted by Crippen LogP contribution is 2.21. The Morgan fingerprint density at radius 2 is 1.36 bits per heavy atom. The van der Waals surface area contributed by atoms with Gasteiger partial charge in [-0.15, -0.1) is 0 Å². The second-order valence-corrected chi connectivity index (χ2v) is 3.82. The summed E-state index contributed by atoms with van der Waals surface area (Å²) in [4.78, 5) is 0. The molecule has 0 unspecified atom stereocenters. The summed E-state index contributed by atoms with van der Waals surface area (Å²) in [5.41, 5.74) is 5.38. The molecular weight excluding hydrogens is 172 g/mol. The predicted molar refractivity (Wildman–Crippen MR) is 61.5 cm³/mol. The van der Waals surface area contributed by atoms with Crippen LogP contribution in [0.15, 0.2) is 12.1 Å². The first-order valence-electron chi connectivity index (χ1n) is 5.02. The van der Waals surface area contributed by atoms with Crippen LogP contribution >= 0.6 is 0 Å². The zero-order valence-corrected chi connectivity index (χ0v) is 9.73. The van der Waals surface area contributed by atoms with Gasteiger partial charge >= 0.3 is 0 Å². The Hall–Kier alpha value is -0.860. The van der Waals surface area contributed by atoms with Crippen LogP contribution < -0.4 is 10.6 Å². The lowest BCUT2D eigenvalue weighted by Crippen LogP contribution is -2.30. The molecule has 2 nitrogen and oxygen atoms in total. The molecule has 2 heteroatoms. The van der Waals surface area contributed by atoms with E-state index in [4.69, 9.17) is 0 Å². The number of hydrogen-bond acceptors (Lipinski definition) is 2. The van der Waals surface area contributed by atoms with Crippen LogP contribution in [0.5, 0.6) is 0 Å². The second kappa shape index (κ2) is 4.58. The van der Waals surface area contributed by atoms with Crippen molar-refractivity contribution >= 4 is 0 Å². The lowest BCUT2D eigenvalue weighted by Gasteiger charge is -2.21. The van der Waals surface area contributed by atoms with E-state index < -0.39 is 0 Å². The van der Waals surface area contributed by atoms with Gasteiger partial charge in [0, 0.05) is 0 Å². The van der Waals surface area contributed by atoms with E-state index in [-0.39, 0.29) is 6.17 Å². The lowest BCUT2D eigenvalue weighted by atomic mass is 9.97. The molecule has 0 fully saturated rings. The highest BCUT2D eigenvalue weighted by Gasteiger charge is 2.12. The Labute approximate surface area is 86.7 Å². The van der Waals surface area contributed by atoms with Crippen molar-refractivity contribution in [2.45, 2.75) is 26.9 Å². The Morgan fingerprint density at radius 3 is 1.71 bits per heavy atom. The SMILES string of the molecule is CNC(NC)c1c(C)cc(C)cc1C. The Morgan fingerprint density at radius 1 is 0.929 bits per heavy atom. The Bertz CT molecular complexity index is 291. The summed E-state index contributed by atoms with van der Waals surface area (Å²) in [6, 6.07) is 4.45. The quantitative estimate of drug-likeness (QED) is 0.716. The highest BCUT2D eigenvalue weighted by atomic mass is 15.1. The maximum absolute atomic E-state index is 3.26. The first-order valence-corrected chi connectivity index (χ1v) is 5.02. The molecule has 0 aliphatic rings. The molecule has 78 valence electrons. The van der Waals surface area contributed by atoms with E-state index in [1.54, 1.807) is 0 Å². The van der Waals surface area contributed by atoms with E-state index in [0.717, 1.165) is 0 Å². The molecule has 0 heterocycles. The van der Waals surface area contributed by atoms with Crippen LogP contribution in [0.4, 0.5) is 0 Å². The van der Waals surface area contributed by atoms with Crippen LogP contribution in [0.1, 0.15) is 28.4 Å². The maximum Gasteiger partial charge on any atom is 0.0835 e. The van der Waals surface area contributed by atoms with Gasteiger partial charge in [-0.1, -0.05) is 17.7 Å². The van der Waals surface area contributed by atoms with E-state index in [9.17, 15) is 0 Å². The van der Waals surface area contributed by atoms with Crippen molar-refractivity contribution in [3.05, 3.63) is 34.4 Å². The van der Waals surface area contributed by atoms with E-state index in [1.165, 1.54) is 22.3 Å². The molecule has 0 bridgehead atoms. The van der Waals surface area contributed by atoms with Gasteiger partial charge < -0.3 is 10.6 Å². The van der Waals surface area contributed by atoms with Gasteiger partial charge in [-0.2, -0.15) is 0 Å². The van der Waals surface area contributed by atoms with Crippen molar-refractivity contribution < 1.29 is 0 Å². The number of hydrogen-bond donors (Lipinski definition) is 2. The average molecular weight is 192 g/mol. The first kappa shape index (κ1) is 11.2. The van der Waals surface area contributed by atoms with Crippen molar-refractivity contribution in [3.8, 4) is 0 Å². The molecule has 1 rings (SSSR count). The normalized spacial score (nSPS) is 11.0. The summed E-state index contributed by atoms with van der Waals surface area (Å²) in [7, 11) is 3.94. The van der Waals surface area contributed by atoms with E-state index in [2.05, 4.69) is 43.5 Å². The fourth-order valence-electron chi connectivity index (χ4n) is 2.08. The second-order valence-electron chi connectivity index (χ2n) is 3.82. The minimum absolute atomic E-state index is 0.246. The first-order chi connectivity index (χ1) is 6.60. The van der Waals surface area contributed by atoms with Gasteiger partial charge in [-0.3, -0.25) is 0 Å². The molecule has 0 saturated heterocycles. The zero-order valence-electron chi connectivity index (χ0n) is 9.73. The summed E-state index contributed by atoms with van der Waals surface area (Å²) in [6.45, 7) is 6.46. The fraction of sp³-hybridized carbons (Fsp3) is 0.500. The lowest BCUT2D eigenvalue weighted by molar-refractivity contribution is 0.515. The number of aryl methyl sites for hydroxylation is 3. The average Bonchev–Trinajstić information content (AvgIpc) is 2.10. The van der Waals surface area contributed by atoms with Crippen LogP contribution in [0.25, 0.3) is 0 Å². The topological polar surface area (TPSA) is 24.1 Å². The third kappa shape index (κ3) is 2.14. The van der Waals surface area contributed by atoms with Crippen molar-refractivity contribution in [1.29, 1.82) is 0 Å².